The van der Waals surface area contributed by atoms with Crippen LogP contribution in [-0.4, -0.2) is 22.0 Å². The molecule has 0 saturated heterocycles. The van der Waals surface area contributed by atoms with Gasteiger partial charge >= 0.3 is 0 Å². The number of hydrogen-bond donors (Lipinski definition) is 1. The number of nitrogens with one attached hydrogen (secondary N) is 1. The topological polar surface area (TPSA) is 60.1 Å². The van der Waals surface area contributed by atoms with E-state index in [-0.39, 0.29) is 5.91 Å². The highest BCUT2D eigenvalue weighted by atomic mass is 16.3. The Kier molecular flexibility index (Phi) is 3.11. The fourth-order valence-electron chi connectivity index (χ4n) is 2.30. The van der Waals surface area contributed by atoms with Gasteiger partial charge in [0.1, 0.15) is 12.1 Å². The van der Waals surface area contributed by atoms with E-state index in [4.69, 9.17) is 4.42 Å². The van der Waals surface area contributed by atoms with E-state index in [1.54, 1.807) is 6.07 Å². The van der Waals surface area contributed by atoms with Crippen molar-refractivity contribution in [3.05, 3.63) is 41.9 Å². The molecular weight excluding hydrogens is 242 g/mol. The highest BCUT2D eigenvalue weighted by Gasteiger charge is 2.26. The molecule has 1 amide bonds. The lowest BCUT2D eigenvalue weighted by Crippen LogP contribution is -2.26. The van der Waals surface area contributed by atoms with Crippen molar-refractivity contribution in [1.82, 2.24) is 14.9 Å². The Bertz CT molecular complexity index is 568. The third-order valence-electron chi connectivity index (χ3n) is 3.39. The van der Waals surface area contributed by atoms with Gasteiger partial charge in [-0.05, 0) is 25.8 Å². The molecule has 1 N–H and O–H groups in total. The Morgan fingerprint density at radius 2 is 2.42 bits per heavy atom. The lowest BCUT2D eigenvalue weighted by Gasteiger charge is -2.09. The van der Waals surface area contributed by atoms with Crippen LogP contribution in [0.5, 0.6) is 0 Å². The highest BCUT2D eigenvalue weighted by Crippen LogP contribution is 2.36. The molecule has 2 aromatic rings. The van der Waals surface area contributed by atoms with Crippen molar-refractivity contribution in [2.75, 3.05) is 6.54 Å². The Balaban J connectivity index is 1.57. The molecule has 1 aliphatic carbocycles. The molecule has 3 rings (SSSR count). The third kappa shape index (κ3) is 2.54. The van der Waals surface area contributed by atoms with Gasteiger partial charge in [-0.15, -0.1) is 0 Å². The van der Waals surface area contributed by atoms with Crippen molar-refractivity contribution >= 4 is 5.91 Å². The Morgan fingerprint density at radius 1 is 1.58 bits per heavy atom. The molecule has 0 radical (unpaired) electrons. The average Bonchev–Trinajstić information content (AvgIpc) is 2.95. The zero-order valence-electron chi connectivity index (χ0n) is 10.9. The van der Waals surface area contributed by atoms with Crippen LogP contribution < -0.4 is 5.32 Å². The summed E-state index contributed by atoms with van der Waals surface area (Å²) in [5, 5.41) is 2.88. The van der Waals surface area contributed by atoms with Crippen molar-refractivity contribution in [3.8, 4) is 0 Å². The Labute approximate surface area is 111 Å². The van der Waals surface area contributed by atoms with E-state index in [9.17, 15) is 4.79 Å². The summed E-state index contributed by atoms with van der Waals surface area (Å²) in [6.45, 7) is 2.67. The molecule has 0 spiro atoms. The SMILES string of the molecule is Cc1cnc(CCNC(=O)c2ccoc2)n1C1CC1. The van der Waals surface area contributed by atoms with Crippen LogP contribution in [0, 0.1) is 6.92 Å². The van der Waals surface area contributed by atoms with Gasteiger partial charge in [0.25, 0.3) is 5.91 Å². The first kappa shape index (κ1) is 12.0. The maximum absolute atomic E-state index is 11.7. The van der Waals surface area contributed by atoms with E-state index < -0.39 is 0 Å². The van der Waals surface area contributed by atoms with Gasteiger partial charge in [0.15, 0.2) is 0 Å². The van der Waals surface area contributed by atoms with Crippen LogP contribution in [0.3, 0.4) is 0 Å². The molecule has 0 bridgehead atoms. The number of amides is 1. The van der Waals surface area contributed by atoms with Gasteiger partial charge in [-0.3, -0.25) is 4.79 Å². The van der Waals surface area contributed by atoms with E-state index in [0.717, 1.165) is 12.2 Å². The summed E-state index contributed by atoms with van der Waals surface area (Å²) in [6, 6.07) is 2.28. The van der Waals surface area contributed by atoms with Crippen molar-refractivity contribution in [2.45, 2.75) is 32.2 Å². The molecule has 2 aromatic heterocycles. The summed E-state index contributed by atoms with van der Waals surface area (Å²) in [7, 11) is 0. The van der Waals surface area contributed by atoms with Gasteiger partial charge in [-0.2, -0.15) is 0 Å². The first-order valence-electron chi connectivity index (χ1n) is 6.59. The van der Waals surface area contributed by atoms with Crippen LogP contribution in [0.2, 0.25) is 0 Å². The minimum absolute atomic E-state index is 0.102. The fourth-order valence-corrected chi connectivity index (χ4v) is 2.30. The number of nitrogens with zero attached hydrogens (tertiary/aromatic N) is 2. The smallest absolute Gasteiger partial charge is 0.254 e. The Morgan fingerprint density at radius 3 is 3.11 bits per heavy atom. The largest absolute Gasteiger partial charge is 0.472 e. The predicted molar refractivity (Wildman–Crippen MR) is 70.0 cm³/mol. The summed E-state index contributed by atoms with van der Waals surface area (Å²) < 4.78 is 7.18. The lowest BCUT2D eigenvalue weighted by molar-refractivity contribution is 0.0953. The van der Waals surface area contributed by atoms with E-state index in [1.165, 1.54) is 31.1 Å². The number of carbonyl (C=O) groups excluding carboxylic acids is 1. The highest BCUT2D eigenvalue weighted by molar-refractivity contribution is 5.93. The number of aryl methyl sites for hydroxylation is 1. The fraction of sp³-hybridized carbons (Fsp3) is 0.429. The molecule has 19 heavy (non-hydrogen) atoms. The van der Waals surface area contributed by atoms with Crippen molar-refractivity contribution in [3.63, 3.8) is 0 Å². The summed E-state index contributed by atoms with van der Waals surface area (Å²) in [5.41, 5.74) is 1.76. The summed E-state index contributed by atoms with van der Waals surface area (Å²) in [4.78, 5) is 16.2. The number of carbonyl (C=O) groups is 1. The minimum Gasteiger partial charge on any atom is -0.472 e. The molecule has 0 aliphatic heterocycles. The second-order valence-electron chi connectivity index (χ2n) is 4.93. The van der Waals surface area contributed by atoms with Gasteiger partial charge in [-0.25, -0.2) is 4.98 Å². The van der Waals surface area contributed by atoms with Gasteiger partial charge in [0.05, 0.1) is 11.8 Å². The maximum atomic E-state index is 11.7. The summed E-state index contributed by atoms with van der Waals surface area (Å²) >= 11 is 0. The maximum Gasteiger partial charge on any atom is 0.254 e. The van der Waals surface area contributed by atoms with Crippen molar-refractivity contribution in [1.29, 1.82) is 0 Å². The van der Waals surface area contributed by atoms with Crippen LogP contribution in [-0.2, 0) is 6.42 Å². The Hall–Kier alpha value is -2.04. The predicted octanol–water partition coefficient (Wildman–Crippen LogP) is 2.09. The van der Waals surface area contributed by atoms with E-state index in [1.807, 2.05) is 6.20 Å². The third-order valence-corrected chi connectivity index (χ3v) is 3.39. The number of rotatable bonds is 5. The number of furan rings is 1. The van der Waals surface area contributed by atoms with Crippen LogP contribution >= 0.6 is 0 Å². The second kappa shape index (κ2) is 4.91. The second-order valence-corrected chi connectivity index (χ2v) is 4.93. The molecule has 0 aromatic carbocycles. The lowest BCUT2D eigenvalue weighted by atomic mass is 10.3. The summed E-state index contributed by atoms with van der Waals surface area (Å²) in [6.07, 6.45) is 8.10. The van der Waals surface area contributed by atoms with Crippen LogP contribution in [0.15, 0.2) is 29.2 Å². The van der Waals surface area contributed by atoms with Gasteiger partial charge in [-0.1, -0.05) is 0 Å². The minimum atomic E-state index is -0.102. The standard InChI is InChI=1S/C14H17N3O2/c1-10-8-16-13(17(10)12-2-3-12)4-6-15-14(18)11-5-7-19-9-11/h5,7-9,12H,2-4,6H2,1H3,(H,15,18). The monoisotopic (exact) mass is 259 g/mol. The number of hydrogen-bond acceptors (Lipinski definition) is 3. The van der Waals surface area contributed by atoms with Crippen molar-refractivity contribution < 1.29 is 9.21 Å². The first-order chi connectivity index (χ1) is 9.25. The van der Waals surface area contributed by atoms with Crippen LogP contribution in [0.25, 0.3) is 0 Å². The average molecular weight is 259 g/mol. The molecule has 0 unspecified atom stereocenters. The van der Waals surface area contributed by atoms with Gasteiger partial charge in [0.2, 0.25) is 0 Å². The van der Waals surface area contributed by atoms with Crippen molar-refractivity contribution in [2.24, 2.45) is 0 Å². The molecule has 5 nitrogen and oxygen atoms in total. The zero-order valence-corrected chi connectivity index (χ0v) is 10.9. The summed E-state index contributed by atoms with van der Waals surface area (Å²) in [5.74, 6) is 0.961. The quantitative estimate of drug-likeness (QED) is 0.894. The van der Waals surface area contributed by atoms with E-state index in [2.05, 4.69) is 21.8 Å². The molecule has 100 valence electrons. The number of aromatic nitrogens is 2. The van der Waals surface area contributed by atoms with E-state index in [0.29, 0.717) is 18.2 Å². The number of imidazole rings is 1. The van der Waals surface area contributed by atoms with Crippen LogP contribution in [0.4, 0.5) is 0 Å². The normalized spacial score (nSPS) is 14.6. The molecule has 5 heteroatoms. The molecule has 2 heterocycles. The van der Waals surface area contributed by atoms with Gasteiger partial charge < -0.3 is 14.3 Å². The molecule has 1 aliphatic rings. The molecule has 1 saturated carbocycles. The molecule has 0 atom stereocenters. The zero-order chi connectivity index (χ0) is 13.2. The molecule has 1 fully saturated rings. The molecular formula is C14H17N3O2. The van der Waals surface area contributed by atoms with Gasteiger partial charge in [0, 0.05) is 30.9 Å². The van der Waals surface area contributed by atoms with Crippen LogP contribution in [0.1, 0.15) is 40.8 Å². The van der Waals surface area contributed by atoms with E-state index >= 15 is 0 Å². The first-order valence-corrected chi connectivity index (χ1v) is 6.59.